The molecule has 2 amide bonds. The summed E-state index contributed by atoms with van der Waals surface area (Å²) in [5, 5.41) is 18.5. The van der Waals surface area contributed by atoms with Crippen LogP contribution in [-0.4, -0.2) is 45.5 Å². The highest BCUT2D eigenvalue weighted by Gasteiger charge is 2.29. The maximum absolute atomic E-state index is 12.8. The van der Waals surface area contributed by atoms with Gasteiger partial charge >= 0.3 is 12.1 Å². The molecule has 1 unspecified atom stereocenters. The van der Waals surface area contributed by atoms with Gasteiger partial charge in [-0.25, -0.2) is 4.79 Å². The number of ether oxygens (including phenoxy) is 1. The summed E-state index contributed by atoms with van der Waals surface area (Å²) in [4.78, 5) is 36.3. The Bertz CT molecular complexity index is 1210. The van der Waals surface area contributed by atoms with Gasteiger partial charge < -0.3 is 15.2 Å². The molecule has 0 bridgehead atoms. The standard InChI is InChI=1S/C26H28N4O5/c1-3-16(12-13-23(31)32)27-25(33)21-14-30(2)29-24(21)28-26(34)35-15-22-19-10-6-4-8-17(19)18-9-5-7-11-20(18)22/h4-11,14,16,22H,3,12-13,15H2,1-2H3,(H,27,33)(H,31,32)(H,28,29,34). The monoisotopic (exact) mass is 476 g/mol. The van der Waals surface area contributed by atoms with Crippen molar-refractivity contribution in [3.05, 3.63) is 71.4 Å². The van der Waals surface area contributed by atoms with E-state index >= 15 is 0 Å². The molecule has 1 aliphatic carbocycles. The molecular weight excluding hydrogens is 448 g/mol. The summed E-state index contributed by atoms with van der Waals surface area (Å²) < 4.78 is 6.98. The fourth-order valence-corrected chi connectivity index (χ4v) is 4.42. The van der Waals surface area contributed by atoms with E-state index in [1.54, 1.807) is 7.05 Å². The molecule has 9 nitrogen and oxygen atoms in total. The molecule has 35 heavy (non-hydrogen) atoms. The third-order valence-corrected chi connectivity index (χ3v) is 6.17. The Hall–Kier alpha value is -4.14. The first-order valence-corrected chi connectivity index (χ1v) is 11.6. The average molecular weight is 477 g/mol. The molecular formula is C26H28N4O5. The lowest BCUT2D eigenvalue weighted by atomic mass is 9.98. The summed E-state index contributed by atoms with van der Waals surface area (Å²) in [7, 11) is 1.64. The normalized spacial score (nSPS) is 13.0. The third-order valence-electron chi connectivity index (χ3n) is 6.17. The Morgan fingerprint density at radius 2 is 1.71 bits per heavy atom. The Balaban J connectivity index is 1.42. The van der Waals surface area contributed by atoms with Gasteiger partial charge in [0.15, 0.2) is 5.82 Å². The Morgan fingerprint density at radius 1 is 1.09 bits per heavy atom. The first kappa shape index (κ1) is 24.0. The highest BCUT2D eigenvalue weighted by atomic mass is 16.5. The number of aryl methyl sites for hydroxylation is 1. The second kappa shape index (κ2) is 10.4. The molecule has 0 spiro atoms. The number of benzene rings is 2. The number of anilines is 1. The van der Waals surface area contributed by atoms with Gasteiger partial charge in [-0.1, -0.05) is 55.5 Å². The summed E-state index contributed by atoms with van der Waals surface area (Å²) in [6, 6.07) is 15.8. The lowest BCUT2D eigenvalue weighted by Crippen LogP contribution is -2.35. The van der Waals surface area contributed by atoms with E-state index in [2.05, 4.69) is 27.9 Å². The van der Waals surface area contributed by atoms with E-state index in [4.69, 9.17) is 9.84 Å². The van der Waals surface area contributed by atoms with Gasteiger partial charge in [0, 0.05) is 31.6 Å². The number of rotatable bonds is 9. The number of carbonyl (C=O) groups excluding carboxylic acids is 2. The van der Waals surface area contributed by atoms with Crippen LogP contribution in [0.4, 0.5) is 10.6 Å². The molecule has 3 aromatic rings. The molecule has 1 aliphatic rings. The van der Waals surface area contributed by atoms with E-state index < -0.39 is 18.0 Å². The predicted molar refractivity (Wildman–Crippen MR) is 130 cm³/mol. The molecule has 1 heterocycles. The maximum Gasteiger partial charge on any atom is 0.412 e. The molecule has 2 aromatic carbocycles. The number of carboxylic acids is 1. The quantitative estimate of drug-likeness (QED) is 0.426. The van der Waals surface area contributed by atoms with Crippen LogP contribution in [0, 0.1) is 0 Å². The number of nitrogens with zero attached hydrogens (tertiary/aromatic N) is 2. The van der Waals surface area contributed by atoms with Gasteiger partial charge in [-0.05, 0) is 35.1 Å². The molecule has 3 N–H and O–H groups in total. The van der Waals surface area contributed by atoms with E-state index in [1.165, 1.54) is 10.9 Å². The Morgan fingerprint density at radius 3 is 2.31 bits per heavy atom. The van der Waals surface area contributed by atoms with E-state index in [0.717, 1.165) is 22.3 Å². The number of amides is 2. The zero-order valence-electron chi connectivity index (χ0n) is 19.7. The Labute approximate surface area is 203 Å². The smallest absolute Gasteiger partial charge is 0.412 e. The van der Waals surface area contributed by atoms with Crippen molar-refractivity contribution in [1.82, 2.24) is 15.1 Å². The summed E-state index contributed by atoms with van der Waals surface area (Å²) in [5.41, 5.74) is 4.65. The molecule has 0 saturated carbocycles. The van der Waals surface area contributed by atoms with Crippen molar-refractivity contribution < 1.29 is 24.2 Å². The molecule has 0 saturated heterocycles. The van der Waals surface area contributed by atoms with Crippen molar-refractivity contribution >= 4 is 23.8 Å². The van der Waals surface area contributed by atoms with Crippen molar-refractivity contribution in [3.63, 3.8) is 0 Å². The molecule has 1 aromatic heterocycles. The van der Waals surface area contributed by atoms with Crippen LogP contribution in [0.3, 0.4) is 0 Å². The van der Waals surface area contributed by atoms with Crippen LogP contribution in [0.25, 0.3) is 11.1 Å². The minimum absolute atomic E-state index is 0.0450. The molecule has 0 radical (unpaired) electrons. The lowest BCUT2D eigenvalue weighted by Gasteiger charge is -2.16. The summed E-state index contributed by atoms with van der Waals surface area (Å²) >= 11 is 0. The number of carboxylic acid groups (broad SMARTS) is 1. The molecule has 0 fully saturated rings. The maximum atomic E-state index is 12.8. The topological polar surface area (TPSA) is 123 Å². The molecule has 9 heteroatoms. The van der Waals surface area contributed by atoms with E-state index in [9.17, 15) is 14.4 Å². The highest BCUT2D eigenvalue weighted by Crippen LogP contribution is 2.44. The highest BCUT2D eigenvalue weighted by molar-refractivity contribution is 6.01. The van der Waals surface area contributed by atoms with Crippen molar-refractivity contribution in [1.29, 1.82) is 0 Å². The number of hydrogen-bond acceptors (Lipinski definition) is 5. The van der Waals surface area contributed by atoms with Gasteiger partial charge in [-0.3, -0.25) is 19.6 Å². The number of nitrogens with one attached hydrogen (secondary N) is 2. The Kier molecular flexibility index (Phi) is 7.14. The third kappa shape index (κ3) is 5.34. The first-order valence-electron chi connectivity index (χ1n) is 11.6. The molecule has 4 rings (SSSR count). The van der Waals surface area contributed by atoms with Crippen LogP contribution in [0.2, 0.25) is 0 Å². The minimum atomic E-state index is -0.920. The summed E-state index contributed by atoms with van der Waals surface area (Å²) in [6.07, 6.45) is 1.63. The van der Waals surface area contributed by atoms with Gasteiger partial charge in [0.25, 0.3) is 5.91 Å². The predicted octanol–water partition coefficient (Wildman–Crippen LogP) is 4.15. The minimum Gasteiger partial charge on any atom is -0.481 e. The number of aromatic nitrogens is 2. The lowest BCUT2D eigenvalue weighted by molar-refractivity contribution is -0.137. The van der Waals surface area contributed by atoms with Crippen molar-refractivity contribution in [2.45, 2.75) is 38.1 Å². The molecule has 182 valence electrons. The van der Waals surface area contributed by atoms with Gasteiger partial charge in [0.2, 0.25) is 0 Å². The van der Waals surface area contributed by atoms with Gasteiger partial charge in [0.05, 0.1) is 0 Å². The van der Waals surface area contributed by atoms with Crippen molar-refractivity contribution in [2.75, 3.05) is 11.9 Å². The second-order valence-corrected chi connectivity index (χ2v) is 8.53. The van der Waals surface area contributed by atoms with Crippen molar-refractivity contribution in [2.24, 2.45) is 7.05 Å². The fraction of sp³-hybridized carbons (Fsp3) is 0.308. The molecule has 0 aliphatic heterocycles. The van der Waals surface area contributed by atoms with E-state index in [0.29, 0.717) is 12.8 Å². The van der Waals surface area contributed by atoms with Crippen LogP contribution in [0.5, 0.6) is 0 Å². The zero-order chi connectivity index (χ0) is 24.9. The number of fused-ring (bicyclic) bond motifs is 3. The molecule has 1 atom stereocenters. The van der Waals surface area contributed by atoms with Crippen LogP contribution in [0.15, 0.2) is 54.7 Å². The van der Waals surface area contributed by atoms with Gasteiger partial charge in [0.1, 0.15) is 12.2 Å². The first-order chi connectivity index (χ1) is 16.9. The average Bonchev–Trinajstić information content (AvgIpc) is 3.37. The van der Waals surface area contributed by atoms with E-state index in [-0.39, 0.29) is 36.4 Å². The largest absolute Gasteiger partial charge is 0.481 e. The number of carbonyl (C=O) groups is 3. The second-order valence-electron chi connectivity index (χ2n) is 8.53. The van der Waals surface area contributed by atoms with Crippen LogP contribution in [0.1, 0.15) is 53.6 Å². The SMILES string of the molecule is CCC(CCC(=O)O)NC(=O)c1cn(C)nc1NC(=O)OCC1c2ccccc2-c2ccccc21. The van der Waals surface area contributed by atoms with Crippen molar-refractivity contribution in [3.8, 4) is 11.1 Å². The van der Waals surface area contributed by atoms with Crippen LogP contribution >= 0.6 is 0 Å². The summed E-state index contributed by atoms with van der Waals surface area (Å²) in [5.74, 6) is -1.37. The zero-order valence-corrected chi connectivity index (χ0v) is 19.7. The number of aliphatic carboxylic acids is 1. The van der Waals surface area contributed by atoms with E-state index in [1.807, 2.05) is 43.3 Å². The number of hydrogen-bond donors (Lipinski definition) is 3. The van der Waals surface area contributed by atoms with Crippen LogP contribution < -0.4 is 10.6 Å². The fourth-order valence-electron chi connectivity index (χ4n) is 4.42. The van der Waals surface area contributed by atoms with Gasteiger partial charge in [-0.2, -0.15) is 5.10 Å². The van der Waals surface area contributed by atoms with Gasteiger partial charge in [-0.15, -0.1) is 0 Å². The van der Waals surface area contributed by atoms with Crippen LogP contribution in [-0.2, 0) is 16.6 Å². The summed E-state index contributed by atoms with van der Waals surface area (Å²) in [6.45, 7) is 2.01.